The maximum atomic E-state index is 5.35. The Balaban J connectivity index is 1.52. The first-order valence-corrected chi connectivity index (χ1v) is 9.18. The highest BCUT2D eigenvalue weighted by Crippen LogP contribution is 2.38. The van der Waals surface area contributed by atoms with Gasteiger partial charge in [-0.25, -0.2) is 9.97 Å². The number of rotatable bonds is 6. The van der Waals surface area contributed by atoms with Gasteiger partial charge in [-0.3, -0.25) is 5.10 Å². The van der Waals surface area contributed by atoms with Gasteiger partial charge in [0.2, 0.25) is 0 Å². The van der Waals surface area contributed by atoms with Gasteiger partial charge in [0.1, 0.15) is 22.3 Å². The third kappa shape index (κ3) is 2.88. The van der Waals surface area contributed by atoms with Crippen molar-refractivity contribution in [2.24, 2.45) is 0 Å². The summed E-state index contributed by atoms with van der Waals surface area (Å²) in [6.07, 6.45) is 3.27. The number of thiophene rings is 1. The zero-order valence-electron chi connectivity index (χ0n) is 12.9. The Labute approximate surface area is 143 Å². The number of aryl methyl sites for hydroxylation is 1. The summed E-state index contributed by atoms with van der Waals surface area (Å²) >= 11 is 7.00. The molecule has 0 amide bonds. The molecule has 0 aromatic carbocycles. The van der Waals surface area contributed by atoms with Gasteiger partial charge in [-0.2, -0.15) is 5.10 Å². The molecule has 0 atom stereocenters. The lowest BCUT2D eigenvalue weighted by atomic mass is 10.3. The van der Waals surface area contributed by atoms with Crippen molar-refractivity contribution < 1.29 is 0 Å². The Kier molecular flexibility index (Phi) is 3.86. The maximum Gasteiger partial charge on any atom is 0.195 e. The molecule has 0 saturated heterocycles. The highest BCUT2D eigenvalue weighted by Gasteiger charge is 2.28. The van der Waals surface area contributed by atoms with Gasteiger partial charge < -0.3 is 9.88 Å². The maximum absolute atomic E-state index is 5.35. The van der Waals surface area contributed by atoms with Crippen molar-refractivity contribution in [3.05, 3.63) is 27.9 Å². The number of nitrogens with one attached hydrogen (secondary N) is 2. The lowest BCUT2D eigenvalue weighted by Gasteiger charge is -2.10. The van der Waals surface area contributed by atoms with E-state index in [2.05, 4.69) is 48.4 Å². The number of nitrogens with zero attached hydrogens (tertiary/aromatic N) is 4. The molecular weight excluding hydrogens is 328 g/mol. The van der Waals surface area contributed by atoms with E-state index in [1.807, 2.05) is 0 Å². The van der Waals surface area contributed by atoms with E-state index in [4.69, 9.17) is 12.2 Å². The number of anilines is 1. The summed E-state index contributed by atoms with van der Waals surface area (Å²) in [5, 5.41) is 13.9. The summed E-state index contributed by atoms with van der Waals surface area (Å²) in [6.45, 7) is 3.63. The molecule has 3 aromatic heterocycles. The highest BCUT2D eigenvalue weighted by atomic mass is 32.1. The van der Waals surface area contributed by atoms with Crippen molar-refractivity contribution in [2.75, 3.05) is 11.9 Å². The third-order valence-corrected chi connectivity index (χ3v) is 5.16. The molecule has 0 radical (unpaired) electrons. The number of hydrogen-bond acceptors (Lipinski definition) is 6. The van der Waals surface area contributed by atoms with Gasteiger partial charge in [0.15, 0.2) is 4.77 Å². The van der Waals surface area contributed by atoms with Crippen LogP contribution in [-0.2, 0) is 13.0 Å². The van der Waals surface area contributed by atoms with Crippen LogP contribution in [0.4, 0.5) is 5.82 Å². The molecule has 1 aliphatic rings. The van der Waals surface area contributed by atoms with Crippen molar-refractivity contribution in [1.29, 1.82) is 0 Å². The summed E-state index contributed by atoms with van der Waals surface area (Å²) in [5.41, 5.74) is 0. The first-order chi connectivity index (χ1) is 11.3. The van der Waals surface area contributed by atoms with Gasteiger partial charge in [-0.1, -0.05) is 6.92 Å². The Morgan fingerprint density at radius 1 is 1.43 bits per heavy atom. The SMILES string of the molecule is CCc1nc(NCCn2c(C3CC3)n[nH]c2=S)c2ccsc2n1. The predicted molar refractivity (Wildman–Crippen MR) is 94.7 cm³/mol. The van der Waals surface area contributed by atoms with E-state index < -0.39 is 0 Å². The first kappa shape index (κ1) is 14.8. The number of aromatic amines is 1. The molecule has 3 heterocycles. The van der Waals surface area contributed by atoms with Crippen LogP contribution < -0.4 is 5.32 Å². The minimum atomic E-state index is 0.581. The zero-order valence-corrected chi connectivity index (χ0v) is 14.5. The van der Waals surface area contributed by atoms with Crippen LogP contribution in [0, 0.1) is 4.77 Å². The van der Waals surface area contributed by atoms with Crippen LogP contribution in [0.2, 0.25) is 0 Å². The second-order valence-electron chi connectivity index (χ2n) is 5.72. The largest absolute Gasteiger partial charge is 0.368 e. The zero-order chi connectivity index (χ0) is 15.8. The Morgan fingerprint density at radius 3 is 3.09 bits per heavy atom. The van der Waals surface area contributed by atoms with Crippen molar-refractivity contribution in [2.45, 2.75) is 38.6 Å². The molecule has 6 nitrogen and oxygen atoms in total. The molecule has 4 rings (SSSR count). The standard InChI is InChI=1S/C15H18N6S2/c1-2-11-17-12(10-5-8-23-14(10)18-11)16-6-7-21-13(9-3-4-9)19-20-15(21)22/h5,8-9H,2-4,6-7H2,1H3,(H,20,22)(H,16,17,18). The number of hydrogen-bond donors (Lipinski definition) is 2. The van der Waals surface area contributed by atoms with Crippen molar-refractivity contribution >= 4 is 39.6 Å². The highest BCUT2D eigenvalue weighted by molar-refractivity contribution is 7.71. The number of fused-ring (bicyclic) bond motifs is 1. The second kappa shape index (κ2) is 6.01. The molecule has 0 bridgehead atoms. The van der Waals surface area contributed by atoms with Crippen molar-refractivity contribution in [3.8, 4) is 0 Å². The molecule has 1 saturated carbocycles. The first-order valence-electron chi connectivity index (χ1n) is 7.89. The average Bonchev–Trinajstić information content (AvgIpc) is 3.17. The summed E-state index contributed by atoms with van der Waals surface area (Å²) in [6, 6.07) is 2.07. The van der Waals surface area contributed by atoms with Gasteiger partial charge in [0, 0.05) is 25.4 Å². The van der Waals surface area contributed by atoms with Crippen molar-refractivity contribution in [3.63, 3.8) is 0 Å². The van der Waals surface area contributed by atoms with Crippen LogP contribution in [0.25, 0.3) is 10.2 Å². The smallest absolute Gasteiger partial charge is 0.195 e. The molecule has 1 fully saturated rings. The third-order valence-electron chi connectivity index (χ3n) is 4.05. The van der Waals surface area contributed by atoms with Gasteiger partial charge >= 0.3 is 0 Å². The van der Waals surface area contributed by atoms with E-state index in [1.165, 1.54) is 12.8 Å². The fraction of sp³-hybridized carbons (Fsp3) is 0.467. The predicted octanol–water partition coefficient (Wildman–Crippen LogP) is 3.50. The molecular formula is C15H18N6S2. The van der Waals surface area contributed by atoms with E-state index in [0.717, 1.165) is 47.2 Å². The minimum Gasteiger partial charge on any atom is -0.368 e. The summed E-state index contributed by atoms with van der Waals surface area (Å²) in [4.78, 5) is 10.2. The lowest BCUT2D eigenvalue weighted by Crippen LogP contribution is -2.14. The summed E-state index contributed by atoms with van der Waals surface area (Å²) in [7, 11) is 0. The Morgan fingerprint density at radius 2 is 2.30 bits per heavy atom. The lowest BCUT2D eigenvalue weighted by molar-refractivity contribution is 0.668. The summed E-state index contributed by atoms with van der Waals surface area (Å²) < 4.78 is 2.80. The second-order valence-corrected chi connectivity index (χ2v) is 7.00. The molecule has 8 heteroatoms. The molecule has 1 aliphatic carbocycles. The Hall–Kier alpha value is -1.80. The average molecular weight is 346 g/mol. The molecule has 0 unspecified atom stereocenters. The monoisotopic (exact) mass is 346 g/mol. The summed E-state index contributed by atoms with van der Waals surface area (Å²) in [5.74, 6) is 3.46. The van der Waals surface area contributed by atoms with E-state index in [0.29, 0.717) is 10.7 Å². The minimum absolute atomic E-state index is 0.581. The van der Waals surface area contributed by atoms with Crippen LogP contribution in [0.3, 0.4) is 0 Å². The van der Waals surface area contributed by atoms with Gasteiger partial charge in [0.25, 0.3) is 0 Å². The van der Waals surface area contributed by atoms with Crippen LogP contribution >= 0.6 is 23.6 Å². The molecule has 120 valence electrons. The van der Waals surface area contributed by atoms with Gasteiger partial charge in [-0.05, 0) is 36.5 Å². The van der Waals surface area contributed by atoms with E-state index in [1.54, 1.807) is 11.3 Å². The molecule has 23 heavy (non-hydrogen) atoms. The van der Waals surface area contributed by atoms with Crippen LogP contribution in [-0.4, -0.2) is 31.3 Å². The van der Waals surface area contributed by atoms with E-state index >= 15 is 0 Å². The molecule has 0 spiro atoms. The fourth-order valence-corrected chi connectivity index (χ4v) is 3.69. The fourth-order valence-electron chi connectivity index (χ4n) is 2.68. The van der Waals surface area contributed by atoms with E-state index in [9.17, 15) is 0 Å². The molecule has 2 N–H and O–H groups in total. The normalized spacial score (nSPS) is 14.5. The van der Waals surface area contributed by atoms with Gasteiger partial charge in [0.05, 0.1) is 5.39 Å². The topological polar surface area (TPSA) is 71.4 Å². The number of aromatic nitrogens is 5. The van der Waals surface area contributed by atoms with Crippen molar-refractivity contribution in [1.82, 2.24) is 24.7 Å². The van der Waals surface area contributed by atoms with Gasteiger partial charge in [-0.15, -0.1) is 11.3 Å². The number of H-pyrrole nitrogens is 1. The molecule has 0 aliphatic heterocycles. The van der Waals surface area contributed by atoms with Crippen LogP contribution in [0.15, 0.2) is 11.4 Å². The van der Waals surface area contributed by atoms with Crippen LogP contribution in [0.1, 0.15) is 37.3 Å². The Bertz CT molecular complexity index is 889. The molecule has 3 aromatic rings. The van der Waals surface area contributed by atoms with Crippen LogP contribution in [0.5, 0.6) is 0 Å². The van der Waals surface area contributed by atoms with E-state index in [-0.39, 0.29) is 0 Å². The quantitative estimate of drug-likeness (QED) is 0.669.